The number of fused-ring (bicyclic) bond motifs is 1. The summed E-state index contributed by atoms with van der Waals surface area (Å²) in [4.78, 5) is 27.0. The molecule has 4 aromatic rings. The van der Waals surface area contributed by atoms with E-state index in [0.717, 1.165) is 53.3 Å². The summed E-state index contributed by atoms with van der Waals surface area (Å²) in [5.41, 5.74) is 5.68. The molecule has 0 spiro atoms. The third-order valence-corrected chi connectivity index (χ3v) is 6.00. The number of pyridine rings is 3. The lowest BCUT2D eigenvalue weighted by atomic mass is 10.1. The van der Waals surface area contributed by atoms with Crippen molar-refractivity contribution in [1.29, 1.82) is 0 Å². The molecule has 1 saturated heterocycles. The van der Waals surface area contributed by atoms with Crippen LogP contribution < -0.4 is 15.8 Å². The summed E-state index contributed by atoms with van der Waals surface area (Å²) in [6, 6.07) is 14.0. The summed E-state index contributed by atoms with van der Waals surface area (Å²) < 4.78 is 5.68. The van der Waals surface area contributed by atoms with Gasteiger partial charge in [0.05, 0.1) is 23.8 Å². The number of hydrogen-bond acceptors (Lipinski definition) is 6. The summed E-state index contributed by atoms with van der Waals surface area (Å²) in [5.74, 6) is 0.525. The van der Waals surface area contributed by atoms with Crippen LogP contribution in [0.15, 0.2) is 59.7 Å². The molecule has 2 N–H and O–H groups in total. The lowest BCUT2D eigenvalue weighted by molar-refractivity contribution is 0.0532. The van der Waals surface area contributed by atoms with E-state index in [1.54, 1.807) is 6.20 Å². The maximum atomic E-state index is 12.7. The average Bonchev–Trinajstić information content (AvgIpc) is 2.79. The second kappa shape index (κ2) is 8.67. The molecular formula is C26H27N5O2. The van der Waals surface area contributed by atoms with Gasteiger partial charge in [0, 0.05) is 48.1 Å². The molecule has 168 valence electrons. The monoisotopic (exact) mass is 441 g/mol. The van der Waals surface area contributed by atoms with Gasteiger partial charge in [-0.3, -0.25) is 9.78 Å². The highest BCUT2D eigenvalue weighted by molar-refractivity contribution is 5.95. The number of nitrogens with one attached hydrogen (secondary N) is 2. The minimum absolute atomic E-state index is 0.174. The number of anilines is 3. The van der Waals surface area contributed by atoms with Gasteiger partial charge in [-0.1, -0.05) is 0 Å². The van der Waals surface area contributed by atoms with Gasteiger partial charge in [-0.05, 0) is 74.2 Å². The number of benzene rings is 1. The fraction of sp³-hybridized carbons (Fsp3) is 0.269. The molecule has 33 heavy (non-hydrogen) atoms. The topological polar surface area (TPSA) is 83.1 Å². The SMILES string of the molecule is Cc1ccc(-c2cc3cc[nH]c(=O)c3c(Nc3ccc(N4CCOC(C)C4)c(C)c3)n2)cn1. The van der Waals surface area contributed by atoms with Crippen LogP contribution in [-0.2, 0) is 4.74 Å². The van der Waals surface area contributed by atoms with E-state index in [4.69, 9.17) is 9.72 Å². The second-order valence-electron chi connectivity index (χ2n) is 8.57. The zero-order valence-corrected chi connectivity index (χ0v) is 19.1. The Morgan fingerprint density at radius 2 is 2.03 bits per heavy atom. The van der Waals surface area contributed by atoms with E-state index in [9.17, 15) is 4.79 Å². The summed E-state index contributed by atoms with van der Waals surface area (Å²) in [6.07, 6.45) is 3.69. The highest BCUT2D eigenvalue weighted by Gasteiger charge is 2.19. The lowest BCUT2D eigenvalue weighted by Crippen LogP contribution is -2.41. The van der Waals surface area contributed by atoms with Gasteiger partial charge in [0.15, 0.2) is 0 Å². The van der Waals surface area contributed by atoms with Crippen LogP contribution >= 0.6 is 0 Å². The van der Waals surface area contributed by atoms with E-state index in [0.29, 0.717) is 11.2 Å². The molecule has 1 aliphatic heterocycles. The summed E-state index contributed by atoms with van der Waals surface area (Å²) in [6.45, 7) is 8.65. The van der Waals surface area contributed by atoms with Crippen LogP contribution in [0.1, 0.15) is 18.2 Å². The van der Waals surface area contributed by atoms with Gasteiger partial charge in [0.2, 0.25) is 0 Å². The van der Waals surface area contributed by atoms with E-state index < -0.39 is 0 Å². The number of aromatic amines is 1. The van der Waals surface area contributed by atoms with Crippen molar-refractivity contribution in [2.24, 2.45) is 0 Å². The first-order chi connectivity index (χ1) is 16.0. The van der Waals surface area contributed by atoms with E-state index in [-0.39, 0.29) is 11.7 Å². The Bertz CT molecular complexity index is 1360. The van der Waals surface area contributed by atoms with Crippen molar-refractivity contribution in [3.05, 3.63) is 76.5 Å². The van der Waals surface area contributed by atoms with E-state index in [1.165, 1.54) is 5.69 Å². The first-order valence-electron chi connectivity index (χ1n) is 11.2. The minimum Gasteiger partial charge on any atom is -0.375 e. The van der Waals surface area contributed by atoms with Crippen molar-refractivity contribution in [1.82, 2.24) is 15.0 Å². The zero-order chi connectivity index (χ0) is 22.9. The summed E-state index contributed by atoms with van der Waals surface area (Å²) in [5, 5.41) is 4.75. The maximum Gasteiger partial charge on any atom is 0.259 e. The molecule has 1 aromatic carbocycles. The molecule has 7 heteroatoms. The van der Waals surface area contributed by atoms with Crippen LogP contribution in [0.25, 0.3) is 22.0 Å². The van der Waals surface area contributed by atoms with Gasteiger partial charge in [-0.2, -0.15) is 0 Å². The molecule has 0 radical (unpaired) electrons. The zero-order valence-electron chi connectivity index (χ0n) is 19.1. The van der Waals surface area contributed by atoms with E-state index >= 15 is 0 Å². The van der Waals surface area contributed by atoms with Gasteiger partial charge in [-0.25, -0.2) is 4.98 Å². The first-order valence-corrected chi connectivity index (χ1v) is 11.2. The number of H-pyrrole nitrogens is 1. The molecule has 7 nitrogen and oxygen atoms in total. The standard InChI is InChI=1S/C26H27N5O2/c1-16-12-21(6-7-23(16)31-10-11-33-18(3)15-31)29-25-24-19(8-9-27-26(24)32)13-22(30-25)20-5-4-17(2)28-14-20/h4-9,12-14,18H,10-11,15H2,1-3H3,(H,27,32)(H,29,30). The molecule has 1 unspecified atom stereocenters. The second-order valence-corrected chi connectivity index (χ2v) is 8.57. The molecule has 4 heterocycles. The Kier molecular flexibility index (Phi) is 5.56. The lowest BCUT2D eigenvalue weighted by Gasteiger charge is -2.34. The van der Waals surface area contributed by atoms with Crippen molar-refractivity contribution in [2.45, 2.75) is 26.9 Å². The molecule has 1 fully saturated rings. The highest BCUT2D eigenvalue weighted by Crippen LogP contribution is 2.30. The largest absolute Gasteiger partial charge is 0.375 e. The third-order valence-electron chi connectivity index (χ3n) is 6.00. The Hall–Kier alpha value is -3.71. The number of aryl methyl sites for hydroxylation is 2. The van der Waals surface area contributed by atoms with Crippen LogP contribution in [0.4, 0.5) is 17.2 Å². The van der Waals surface area contributed by atoms with E-state index in [1.807, 2.05) is 43.5 Å². The molecule has 0 aliphatic carbocycles. The third kappa shape index (κ3) is 4.32. The molecular weight excluding hydrogens is 414 g/mol. The van der Waals surface area contributed by atoms with Crippen molar-refractivity contribution >= 4 is 28.0 Å². The number of hydrogen-bond donors (Lipinski definition) is 2. The molecule has 5 rings (SSSR count). The van der Waals surface area contributed by atoms with Crippen molar-refractivity contribution < 1.29 is 4.74 Å². The van der Waals surface area contributed by atoms with Crippen LogP contribution in [0.5, 0.6) is 0 Å². The molecule has 1 atom stereocenters. The van der Waals surface area contributed by atoms with Gasteiger partial charge >= 0.3 is 0 Å². The Labute approximate surface area is 192 Å². The molecule has 3 aromatic heterocycles. The van der Waals surface area contributed by atoms with Crippen molar-refractivity contribution in [2.75, 3.05) is 29.9 Å². The van der Waals surface area contributed by atoms with E-state index in [2.05, 4.69) is 46.2 Å². The number of aromatic nitrogens is 3. The van der Waals surface area contributed by atoms with Gasteiger partial charge < -0.3 is 19.9 Å². The van der Waals surface area contributed by atoms with Gasteiger partial charge in [-0.15, -0.1) is 0 Å². The molecule has 0 amide bonds. The predicted molar refractivity (Wildman–Crippen MR) is 132 cm³/mol. The van der Waals surface area contributed by atoms with Crippen LogP contribution in [-0.4, -0.2) is 40.8 Å². The minimum atomic E-state index is -0.174. The van der Waals surface area contributed by atoms with Gasteiger partial charge in [0.25, 0.3) is 5.56 Å². The fourth-order valence-corrected chi connectivity index (χ4v) is 4.33. The van der Waals surface area contributed by atoms with Crippen LogP contribution in [0.2, 0.25) is 0 Å². The number of rotatable bonds is 4. The molecule has 0 bridgehead atoms. The number of ether oxygens (including phenoxy) is 1. The maximum absolute atomic E-state index is 12.7. The van der Waals surface area contributed by atoms with Crippen LogP contribution in [0, 0.1) is 13.8 Å². The van der Waals surface area contributed by atoms with Gasteiger partial charge in [0.1, 0.15) is 5.82 Å². The Morgan fingerprint density at radius 1 is 1.15 bits per heavy atom. The van der Waals surface area contributed by atoms with Crippen LogP contribution in [0.3, 0.4) is 0 Å². The Morgan fingerprint density at radius 3 is 2.79 bits per heavy atom. The molecule has 0 saturated carbocycles. The number of nitrogens with zero attached hydrogens (tertiary/aromatic N) is 3. The normalized spacial score (nSPS) is 16.2. The van der Waals surface area contributed by atoms with Crippen molar-refractivity contribution in [3.8, 4) is 11.3 Å². The number of morpholine rings is 1. The average molecular weight is 442 g/mol. The predicted octanol–water partition coefficient (Wildman–Crippen LogP) is 4.57. The summed E-state index contributed by atoms with van der Waals surface area (Å²) >= 11 is 0. The fourth-order valence-electron chi connectivity index (χ4n) is 4.33. The first kappa shape index (κ1) is 21.2. The quantitative estimate of drug-likeness (QED) is 0.483. The van der Waals surface area contributed by atoms with Crippen molar-refractivity contribution in [3.63, 3.8) is 0 Å². The smallest absolute Gasteiger partial charge is 0.259 e. The summed E-state index contributed by atoms with van der Waals surface area (Å²) in [7, 11) is 0. The Balaban J connectivity index is 1.53. The highest BCUT2D eigenvalue weighted by atomic mass is 16.5. The molecule has 1 aliphatic rings.